The maximum absolute atomic E-state index is 12.4. The summed E-state index contributed by atoms with van der Waals surface area (Å²) in [4.78, 5) is 14.3. The third kappa shape index (κ3) is 4.87. The van der Waals surface area contributed by atoms with Crippen LogP contribution in [0.4, 0.5) is 5.69 Å². The summed E-state index contributed by atoms with van der Waals surface area (Å²) in [7, 11) is 6.80. The van der Waals surface area contributed by atoms with E-state index in [-0.39, 0.29) is 12.5 Å². The molecule has 7 nitrogen and oxygen atoms in total. The maximum atomic E-state index is 12.4. The third-order valence-electron chi connectivity index (χ3n) is 3.72. The smallest absolute Gasteiger partial charge is 0.238 e. The molecular formula is C17H23ClN4O3. The second-order valence-electron chi connectivity index (χ2n) is 5.82. The van der Waals surface area contributed by atoms with Crippen LogP contribution < -0.4 is 14.8 Å². The molecule has 1 heterocycles. The molecule has 0 fully saturated rings. The molecule has 0 spiro atoms. The average Bonchev–Trinajstić information content (AvgIpc) is 2.85. The van der Waals surface area contributed by atoms with Gasteiger partial charge in [-0.1, -0.05) is 11.6 Å². The SMILES string of the molecule is COc1cc(NC(=O)CN(C)Cc2cn(C)nc2C)c(OC)cc1Cl. The fourth-order valence-corrected chi connectivity index (χ4v) is 2.77. The number of carbonyl (C=O) groups excluding carboxylic acids is 1. The molecule has 0 saturated carbocycles. The molecule has 0 radical (unpaired) electrons. The van der Waals surface area contributed by atoms with E-state index in [0.717, 1.165) is 11.3 Å². The number of halogens is 1. The van der Waals surface area contributed by atoms with Crippen molar-refractivity contribution in [3.63, 3.8) is 0 Å². The summed E-state index contributed by atoms with van der Waals surface area (Å²) >= 11 is 6.07. The molecule has 1 aromatic heterocycles. The number of benzene rings is 1. The number of hydrogen-bond donors (Lipinski definition) is 1. The highest BCUT2D eigenvalue weighted by Gasteiger charge is 2.15. The van der Waals surface area contributed by atoms with Crippen molar-refractivity contribution < 1.29 is 14.3 Å². The van der Waals surface area contributed by atoms with Crippen LogP contribution >= 0.6 is 11.6 Å². The number of nitrogens with zero attached hydrogens (tertiary/aromatic N) is 3. The average molecular weight is 367 g/mol. The second kappa shape index (κ2) is 8.22. The van der Waals surface area contributed by atoms with Crippen LogP contribution in [-0.2, 0) is 18.4 Å². The van der Waals surface area contributed by atoms with Crippen LogP contribution in [0.2, 0.25) is 5.02 Å². The van der Waals surface area contributed by atoms with Gasteiger partial charge in [-0.05, 0) is 14.0 Å². The molecule has 0 bridgehead atoms. The molecule has 2 aromatic rings. The number of anilines is 1. The van der Waals surface area contributed by atoms with Crippen LogP contribution in [0.5, 0.6) is 11.5 Å². The number of ether oxygens (including phenoxy) is 2. The van der Waals surface area contributed by atoms with Gasteiger partial charge in [0, 0.05) is 37.5 Å². The standard InChI is InChI=1S/C17H23ClN4O3/c1-11-12(9-22(3)20-11)8-21(2)10-17(23)19-14-7-15(24-4)13(18)6-16(14)25-5/h6-7,9H,8,10H2,1-5H3,(H,19,23). The van der Waals surface area contributed by atoms with Gasteiger partial charge in [0.25, 0.3) is 0 Å². The number of amides is 1. The lowest BCUT2D eigenvalue weighted by molar-refractivity contribution is -0.117. The lowest BCUT2D eigenvalue weighted by Gasteiger charge is -2.17. The number of methoxy groups -OCH3 is 2. The van der Waals surface area contributed by atoms with Crippen LogP contribution in [-0.4, -0.2) is 48.4 Å². The van der Waals surface area contributed by atoms with Crippen molar-refractivity contribution in [2.24, 2.45) is 7.05 Å². The fraction of sp³-hybridized carbons (Fsp3) is 0.412. The van der Waals surface area contributed by atoms with Crippen molar-refractivity contribution in [2.75, 3.05) is 33.1 Å². The number of carbonyl (C=O) groups is 1. The number of hydrogen-bond acceptors (Lipinski definition) is 5. The lowest BCUT2D eigenvalue weighted by atomic mass is 10.2. The summed E-state index contributed by atoms with van der Waals surface area (Å²) in [6.07, 6.45) is 1.96. The van der Waals surface area contributed by atoms with Crippen molar-refractivity contribution >= 4 is 23.2 Å². The fourth-order valence-electron chi connectivity index (χ4n) is 2.54. The van der Waals surface area contributed by atoms with E-state index in [1.807, 2.05) is 32.1 Å². The molecule has 0 aliphatic heterocycles. The lowest BCUT2D eigenvalue weighted by Crippen LogP contribution is -2.30. The van der Waals surface area contributed by atoms with E-state index < -0.39 is 0 Å². The van der Waals surface area contributed by atoms with E-state index >= 15 is 0 Å². The van der Waals surface area contributed by atoms with Gasteiger partial charge in [-0.15, -0.1) is 0 Å². The minimum Gasteiger partial charge on any atom is -0.495 e. The van der Waals surface area contributed by atoms with Gasteiger partial charge in [-0.25, -0.2) is 0 Å². The molecule has 1 aromatic carbocycles. The minimum absolute atomic E-state index is 0.160. The molecule has 0 atom stereocenters. The molecular weight excluding hydrogens is 344 g/mol. The monoisotopic (exact) mass is 366 g/mol. The van der Waals surface area contributed by atoms with Gasteiger partial charge < -0.3 is 14.8 Å². The Bertz CT molecular complexity index is 761. The Balaban J connectivity index is 2.03. The Labute approximate surface area is 152 Å². The van der Waals surface area contributed by atoms with Gasteiger partial charge in [0.05, 0.1) is 37.2 Å². The van der Waals surface area contributed by atoms with E-state index in [1.54, 1.807) is 16.8 Å². The Morgan fingerprint density at radius 2 is 2.00 bits per heavy atom. The van der Waals surface area contributed by atoms with Gasteiger partial charge in [-0.2, -0.15) is 5.10 Å². The highest BCUT2D eigenvalue weighted by Crippen LogP contribution is 2.35. The number of aromatic nitrogens is 2. The van der Waals surface area contributed by atoms with Gasteiger partial charge in [0.2, 0.25) is 5.91 Å². The quantitative estimate of drug-likeness (QED) is 0.815. The molecule has 1 N–H and O–H groups in total. The molecule has 25 heavy (non-hydrogen) atoms. The summed E-state index contributed by atoms with van der Waals surface area (Å²) in [5, 5.41) is 7.56. The van der Waals surface area contributed by atoms with Gasteiger partial charge in [0.1, 0.15) is 11.5 Å². The first-order valence-electron chi connectivity index (χ1n) is 7.73. The van der Waals surface area contributed by atoms with Crippen molar-refractivity contribution in [1.29, 1.82) is 0 Å². The third-order valence-corrected chi connectivity index (χ3v) is 4.01. The highest BCUT2D eigenvalue weighted by molar-refractivity contribution is 6.32. The molecule has 136 valence electrons. The number of likely N-dealkylation sites (N-methyl/N-ethyl adjacent to an activating group) is 1. The highest BCUT2D eigenvalue weighted by atomic mass is 35.5. The number of rotatable bonds is 7. The number of aryl methyl sites for hydroxylation is 2. The first kappa shape index (κ1) is 19.1. The summed E-state index contributed by atoms with van der Waals surface area (Å²) in [5.41, 5.74) is 2.56. The van der Waals surface area contributed by atoms with E-state index in [4.69, 9.17) is 21.1 Å². The predicted molar refractivity (Wildman–Crippen MR) is 97.5 cm³/mol. The van der Waals surface area contributed by atoms with Crippen LogP contribution in [0.3, 0.4) is 0 Å². The van der Waals surface area contributed by atoms with E-state index in [0.29, 0.717) is 28.8 Å². The summed E-state index contributed by atoms with van der Waals surface area (Å²) in [6, 6.07) is 3.25. The number of nitrogens with one attached hydrogen (secondary N) is 1. The Morgan fingerprint density at radius 3 is 2.56 bits per heavy atom. The molecule has 2 rings (SSSR count). The van der Waals surface area contributed by atoms with Crippen molar-refractivity contribution in [3.8, 4) is 11.5 Å². The topological polar surface area (TPSA) is 68.6 Å². The van der Waals surface area contributed by atoms with Crippen molar-refractivity contribution in [2.45, 2.75) is 13.5 Å². The zero-order valence-corrected chi connectivity index (χ0v) is 15.8. The Kier molecular flexibility index (Phi) is 6.27. The summed E-state index contributed by atoms with van der Waals surface area (Å²) in [6.45, 7) is 2.81. The molecule has 1 amide bonds. The Hall–Kier alpha value is -2.25. The Morgan fingerprint density at radius 1 is 1.32 bits per heavy atom. The van der Waals surface area contributed by atoms with Crippen LogP contribution in [0.25, 0.3) is 0 Å². The van der Waals surface area contributed by atoms with E-state index in [2.05, 4.69) is 10.4 Å². The molecule has 0 saturated heterocycles. The van der Waals surface area contributed by atoms with Crippen molar-refractivity contribution in [1.82, 2.24) is 14.7 Å². The second-order valence-corrected chi connectivity index (χ2v) is 6.23. The molecule has 0 unspecified atom stereocenters. The van der Waals surface area contributed by atoms with Crippen LogP contribution in [0.1, 0.15) is 11.3 Å². The maximum Gasteiger partial charge on any atom is 0.238 e. The molecule has 0 aliphatic carbocycles. The zero-order chi connectivity index (χ0) is 18.6. The van der Waals surface area contributed by atoms with Crippen LogP contribution in [0, 0.1) is 6.92 Å². The van der Waals surface area contributed by atoms with Crippen LogP contribution in [0.15, 0.2) is 18.3 Å². The first-order chi connectivity index (χ1) is 11.8. The van der Waals surface area contributed by atoms with E-state index in [1.165, 1.54) is 14.2 Å². The minimum atomic E-state index is -0.160. The summed E-state index contributed by atoms with van der Waals surface area (Å²) in [5.74, 6) is 0.786. The van der Waals surface area contributed by atoms with Crippen molar-refractivity contribution in [3.05, 3.63) is 34.6 Å². The zero-order valence-electron chi connectivity index (χ0n) is 15.1. The first-order valence-corrected chi connectivity index (χ1v) is 8.10. The van der Waals surface area contributed by atoms with Gasteiger partial charge in [-0.3, -0.25) is 14.4 Å². The normalized spacial score (nSPS) is 10.8. The molecule has 0 aliphatic rings. The largest absolute Gasteiger partial charge is 0.495 e. The van der Waals surface area contributed by atoms with Gasteiger partial charge in [0.15, 0.2) is 0 Å². The summed E-state index contributed by atoms with van der Waals surface area (Å²) < 4.78 is 12.2. The van der Waals surface area contributed by atoms with Gasteiger partial charge >= 0.3 is 0 Å². The predicted octanol–water partition coefficient (Wildman–Crippen LogP) is 2.47. The molecule has 8 heteroatoms. The van der Waals surface area contributed by atoms with E-state index in [9.17, 15) is 4.79 Å².